The Morgan fingerprint density at radius 3 is 2.35 bits per heavy atom. The summed E-state index contributed by atoms with van der Waals surface area (Å²) in [5.41, 5.74) is 2.26. The molecule has 3 rings (SSSR count). The molecule has 1 aliphatic rings. The van der Waals surface area contributed by atoms with Gasteiger partial charge in [-0.15, -0.1) is 0 Å². The van der Waals surface area contributed by atoms with Gasteiger partial charge in [-0.3, -0.25) is 0 Å². The maximum atomic E-state index is 9.72. The maximum absolute atomic E-state index is 9.72. The third-order valence-electron chi connectivity index (χ3n) is 2.77. The van der Waals surface area contributed by atoms with Crippen LogP contribution in [0.1, 0.15) is 11.1 Å². The van der Waals surface area contributed by atoms with Crippen molar-refractivity contribution in [2.24, 2.45) is 0 Å². The van der Waals surface area contributed by atoms with Crippen LogP contribution in [0.15, 0.2) is 36.4 Å². The molecular weight excluding hydrogens is 256 g/mol. The van der Waals surface area contributed by atoms with Crippen molar-refractivity contribution in [3.8, 4) is 5.75 Å². The van der Waals surface area contributed by atoms with Crippen LogP contribution in [-0.4, -0.2) is 17.3 Å². The van der Waals surface area contributed by atoms with E-state index in [0.29, 0.717) is 5.75 Å². The normalized spacial score (nSPS) is 10.2. The predicted octanol–water partition coefficient (Wildman–Crippen LogP) is 2.92. The number of benzene rings is 2. The Morgan fingerprint density at radius 1 is 1.05 bits per heavy atom. The van der Waals surface area contributed by atoms with Crippen LogP contribution in [0.25, 0.3) is 16.8 Å². The smallest absolute Gasteiger partial charge is 0.231 e. The molecule has 0 aliphatic heterocycles. The molecule has 5 nitrogen and oxygen atoms in total. The van der Waals surface area contributed by atoms with Gasteiger partial charge >= 0.3 is 0 Å². The number of aromatic hydroxyl groups is 1. The van der Waals surface area contributed by atoms with Gasteiger partial charge in [0.05, 0.1) is 0 Å². The molecule has 0 fully saturated rings. The van der Waals surface area contributed by atoms with Crippen LogP contribution >= 0.6 is 0 Å². The van der Waals surface area contributed by atoms with E-state index in [0.717, 1.165) is 24.1 Å². The van der Waals surface area contributed by atoms with Crippen LogP contribution in [0.5, 0.6) is 5.75 Å². The molecule has 3 N–H and O–H groups in total. The van der Waals surface area contributed by atoms with Gasteiger partial charge in [0.1, 0.15) is 5.75 Å². The van der Waals surface area contributed by atoms with Crippen molar-refractivity contribution in [3.63, 3.8) is 0 Å². The number of carbonyl (C=O) groups excluding carboxylic acids is 2. The fourth-order valence-corrected chi connectivity index (χ4v) is 2.12. The van der Waals surface area contributed by atoms with Crippen molar-refractivity contribution < 1.29 is 14.7 Å². The number of hydrogen-bond donors (Lipinski definition) is 3. The Kier molecular flexibility index (Phi) is 5.60. The number of phenolic OH excluding ortho intramolecular Hbond substituents is 1. The lowest BCUT2D eigenvalue weighted by atomic mass is 9.93. The minimum atomic E-state index is 0.376. The molecule has 2 aromatic rings. The van der Waals surface area contributed by atoms with Gasteiger partial charge in [0.15, 0.2) is 0 Å². The Bertz CT molecular complexity index is 696. The molecule has 100 valence electrons. The number of rotatable bonds is 0. The van der Waals surface area contributed by atoms with Gasteiger partial charge in [0.2, 0.25) is 12.2 Å². The second-order valence-electron chi connectivity index (χ2n) is 3.82. The highest BCUT2D eigenvalue weighted by Crippen LogP contribution is 2.33. The van der Waals surface area contributed by atoms with Gasteiger partial charge in [-0.1, -0.05) is 36.4 Å². The van der Waals surface area contributed by atoms with E-state index in [-0.39, 0.29) is 0 Å². The van der Waals surface area contributed by atoms with E-state index in [2.05, 4.69) is 24.3 Å². The minimum absolute atomic E-state index is 0.376. The molecule has 0 spiro atoms. The summed E-state index contributed by atoms with van der Waals surface area (Å²) < 4.78 is 0. The van der Waals surface area contributed by atoms with Gasteiger partial charge in [-0.25, -0.2) is 20.4 Å². The van der Waals surface area contributed by atoms with E-state index < -0.39 is 0 Å². The number of isocyanates is 2. The Labute approximate surface area is 115 Å². The van der Waals surface area contributed by atoms with Crippen LogP contribution in [0.2, 0.25) is 0 Å². The summed E-state index contributed by atoms with van der Waals surface area (Å²) in [4.78, 5) is 16.7. The fraction of sp³-hybridized carbons (Fsp3) is 0.0667. The lowest BCUT2D eigenvalue weighted by Crippen LogP contribution is -1.92. The minimum Gasteiger partial charge on any atom is -0.507 e. The standard InChI is InChI=1S/C13H10O.2CHNO/c14-12-8-7-10-4-1-3-9-5-2-6-11(12)13(9)10;2*2-1-3/h1-4,6-8,14H,5H2;2*2H. The van der Waals surface area contributed by atoms with Gasteiger partial charge < -0.3 is 5.11 Å². The zero-order valence-corrected chi connectivity index (χ0v) is 10.5. The molecular formula is C15H12N2O3. The zero-order valence-electron chi connectivity index (χ0n) is 10.5. The van der Waals surface area contributed by atoms with Gasteiger partial charge in [0, 0.05) is 5.56 Å². The summed E-state index contributed by atoms with van der Waals surface area (Å²) in [5, 5.41) is 22.9. The number of phenols is 1. The van der Waals surface area contributed by atoms with Crippen LogP contribution in [-0.2, 0) is 16.0 Å². The molecule has 5 heteroatoms. The lowest BCUT2D eigenvalue weighted by molar-refractivity contribution is 0.475. The predicted molar refractivity (Wildman–Crippen MR) is 75.2 cm³/mol. The second-order valence-corrected chi connectivity index (χ2v) is 3.82. The summed E-state index contributed by atoms with van der Waals surface area (Å²) in [7, 11) is 0. The Morgan fingerprint density at radius 2 is 1.70 bits per heavy atom. The van der Waals surface area contributed by atoms with Crippen LogP contribution in [0.3, 0.4) is 0 Å². The van der Waals surface area contributed by atoms with E-state index >= 15 is 0 Å². The third kappa shape index (κ3) is 3.27. The molecule has 1 aliphatic carbocycles. The van der Waals surface area contributed by atoms with E-state index in [9.17, 15) is 5.11 Å². The molecule has 0 saturated carbocycles. The van der Waals surface area contributed by atoms with Crippen molar-refractivity contribution in [1.82, 2.24) is 0 Å². The molecule has 2 aromatic carbocycles. The first-order valence-electron chi connectivity index (χ1n) is 5.67. The molecule has 0 radical (unpaired) electrons. The highest BCUT2D eigenvalue weighted by Gasteiger charge is 2.10. The van der Waals surface area contributed by atoms with Crippen LogP contribution in [0.4, 0.5) is 0 Å². The molecule has 0 atom stereocenters. The van der Waals surface area contributed by atoms with Gasteiger partial charge in [-0.05, 0) is 28.8 Å². The first-order valence-corrected chi connectivity index (χ1v) is 5.67. The highest BCUT2D eigenvalue weighted by atomic mass is 16.3. The van der Waals surface area contributed by atoms with Crippen LogP contribution < -0.4 is 0 Å². The molecule has 0 aromatic heterocycles. The molecule has 0 unspecified atom stereocenters. The average molecular weight is 268 g/mol. The number of nitrogens with one attached hydrogen (secondary N) is 2. The summed E-state index contributed by atoms with van der Waals surface area (Å²) in [6.07, 6.45) is 6.56. The Hall–Kier alpha value is -3.00. The largest absolute Gasteiger partial charge is 0.507 e. The molecule has 20 heavy (non-hydrogen) atoms. The van der Waals surface area contributed by atoms with E-state index in [4.69, 9.17) is 20.4 Å². The van der Waals surface area contributed by atoms with Crippen molar-refractivity contribution in [3.05, 3.63) is 47.5 Å². The first-order chi connectivity index (χ1) is 9.69. The summed E-state index contributed by atoms with van der Waals surface area (Å²) in [6, 6.07) is 10.0. The highest BCUT2D eigenvalue weighted by molar-refractivity contribution is 5.97. The lowest BCUT2D eigenvalue weighted by Gasteiger charge is -2.13. The second kappa shape index (κ2) is 7.44. The summed E-state index contributed by atoms with van der Waals surface area (Å²) >= 11 is 0. The topological polar surface area (TPSA) is 102 Å². The first kappa shape index (κ1) is 15.1. The molecule has 0 amide bonds. The van der Waals surface area contributed by atoms with E-state index in [1.165, 1.54) is 16.3 Å². The van der Waals surface area contributed by atoms with Crippen molar-refractivity contribution in [2.75, 3.05) is 0 Å². The van der Waals surface area contributed by atoms with E-state index in [1.807, 2.05) is 12.1 Å². The summed E-state index contributed by atoms with van der Waals surface area (Å²) in [5.74, 6) is 0.376. The van der Waals surface area contributed by atoms with Gasteiger partial charge in [0.25, 0.3) is 0 Å². The maximum Gasteiger partial charge on any atom is 0.231 e. The Balaban J connectivity index is 0.000000290. The molecule has 0 saturated heterocycles. The SMILES string of the molecule is N=C=O.N=C=O.Oc1ccc2cccc3c2c1C=CC3. The fourth-order valence-electron chi connectivity index (χ4n) is 2.12. The molecule has 0 heterocycles. The average Bonchev–Trinajstić information content (AvgIpc) is 2.45. The van der Waals surface area contributed by atoms with Crippen molar-refractivity contribution in [1.29, 1.82) is 10.8 Å². The zero-order chi connectivity index (χ0) is 15.0. The van der Waals surface area contributed by atoms with Crippen molar-refractivity contribution >= 4 is 29.0 Å². The quantitative estimate of drug-likeness (QED) is 0.505. The number of hydrogen-bond acceptors (Lipinski definition) is 5. The van der Waals surface area contributed by atoms with Crippen LogP contribution in [0, 0.1) is 10.8 Å². The number of allylic oxidation sites excluding steroid dienone is 1. The van der Waals surface area contributed by atoms with Gasteiger partial charge in [-0.2, -0.15) is 0 Å². The van der Waals surface area contributed by atoms with E-state index in [1.54, 1.807) is 6.07 Å². The van der Waals surface area contributed by atoms with Crippen molar-refractivity contribution in [2.45, 2.75) is 6.42 Å². The monoisotopic (exact) mass is 268 g/mol. The summed E-state index contributed by atoms with van der Waals surface area (Å²) in [6.45, 7) is 0. The third-order valence-corrected chi connectivity index (χ3v) is 2.77. The molecule has 0 bridgehead atoms.